The van der Waals surface area contributed by atoms with Crippen LogP contribution in [0.3, 0.4) is 0 Å². The Balaban J connectivity index is 1.78. The van der Waals surface area contributed by atoms with Gasteiger partial charge in [-0.3, -0.25) is 10.1 Å². The first-order chi connectivity index (χ1) is 8.61. The number of hydrogen-bond donors (Lipinski definition) is 3. The van der Waals surface area contributed by atoms with Gasteiger partial charge in [0.15, 0.2) is 0 Å². The molecule has 98 valence electrons. The molecule has 0 saturated heterocycles. The van der Waals surface area contributed by atoms with E-state index in [0.29, 0.717) is 17.5 Å². The molecule has 0 radical (unpaired) electrons. The van der Waals surface area contributed by atoms with Crippen LogP contribution >= 0.6 is 0 Å². The van der Waals surface area contributed by atoms with Gasteiger partial charge in [-0.2, -0.15) is 0 Å². The van der Waals surface area contributed by atoms with Gasteiger partial charge in [0.25, 0.3) is 0 Å². The van der Waals surface area contributed by atoms with Crippen molar-refractivity contribution in [2.45, 2.75) is 37.8 Å². The van der Waals surface area contributed by atoms with Crippen LogP contribution in [0.25, 0.3) is 0 Å². The van der Waals surface area contributed by atoms with Crippen LogP contribution in [-0.2, 0) is 0 Å². The van der Waals surface area contributed by atoms with E-state index in [1.54, 1.807) is 0 Å². The fraction of sp³-hybridized carbons (Fsp3) is 0.750. The minimum absolute atomic E-state index is 0.0701. The van der Waals surface area contributed by atoms with Gasteiger partial charge in [-0.15, -0.1) is 0 Å². The zero-order valence-corrected chi connectivity index (χ0v) is 10.0. The van der Waals surface area contributed by atoms with Crippen molar-refractivity contribution >= 4 is 6.21 Å². The molecule has 0 aliphatic heterocycles. The Labute approximate surface area is 105 Å². The molecule has 4 unspecified atom stereocenters. The summed E-state index contributed by atoms with van der Waals surface area (Å²) in [6.07, 6.45) is 4.27. The van der Waals surface area contributed by atoms with Gasteiger partial charge in [0.2, 0.25) is 0 Å². The largest absolute Gasteiger partial charge is 0.391 e. The normalized spacial score (nSPS) is 38.7. The third kappa shape index (κ3) is 1.90. The van der Waals surface area contributed by atoms with Crippen molar-refractivity contribution in [2.75, 3.05) is 0 Å². The highest BCUT2D eigenvalue weighted by atomic mass is 16.6. The van der Waals surface area contributed by atoms with Crippen molar-refractivity contribution < 1.29 is 10.0 Å². The maximum absolute atomic E-state index is 10.9. The molecule has 4 atom stereocenters. The van der Waals surface area contributed by atoms with Crippen LogP contribution in [0.15, 0.2) is 11.4 Å². The van der Waals surface area contributed by atoms with Crippen molar-refractivity contribution in [1.29, 1.82) is 5.41 Å². The molecule has 0 aromatic carbocycles. The van der Waals surface area contributed by atoms with Crippen LogP contribution in [0.1, 0.15) is 25.7 Å². The molecule has 3 N–H and O–H groups in total. The van der Waals surface area contributed by atoms with Gasteiger partial charge < -0.3 is 15.8 Å². The van der Waals surface area contributed by atoms with Gasteiger partial charge in [-0.25, -0.2) is 0 Å². The topological polar surface area (TPSA) is 99.2 Å². The van der Waals surface area contributed by atoms with Crippen LogP contribution in [0.5, 0.6) is 0 Å². The van der Waals surface area contributed by atoms with E-state index < -0.39 is 4.92 Å². The molecule has 3 saturated carbocycles. The van der Waals surface area contributed by atoms with E-state index in [1.165, 1.54) is 0 Å². The molecule has 3 aliphatic rings. The van der Waals surface area contributed by atoms with E-state index >= 15 is 0 Å². The van der Waals surface area contributed by atoms with Crippen molar-refractivity contribution in [1.82, 2.24) is 5.32 Å². The molecule has 0 heterocycles. The first-order valence-electron chi connectivity index (χ1n) is 6.45. The molecule has 0 spiro atoms. The Kier molecular flexibility index (Phi) is 2.62. The highest BCUT2D eigenvalue weighted by molar-refractivity contribution is 5.73. The molecule has 3 rings (SSSR count). The molecular formula is C12H17N3O3. The second kappa shape index (κ2) is 4.05. The highest BCUT2D eigenvalue weighted by Crippen LogP contribution is 2.52. The minimum Gasteiger partial charge on any atom is -0.391 e. The zero-order valence-electron chi connectivity index (χ0n) is 10.0. The smallest absolute Gasteiger partial charge is 0.305 e. The predicted octanol–water partition coefficient (Wildman–Crippen LogP) is 0.893. The van der Waals surface area contributed by atoms with Crippen LogP contribution in [0.4, 0.5) is 0 Å². The highest BCUT2D eigenvalue weighted by Gasteiger charge is 2.53. The summed E-state index contributed by atoms with van der Waals surface area (Å²) in [5.74, 6) is 1.16. The lowest BCUT2D eigenvalue weighted by molar-refractivity contribution is -0.416. The van der Waals surface area contributed by atoms with Crippen molar-refractivity contribution in [3.8, 4) is 0 Å². The van der Waals surface area contributed by atoms with Crippen LogP contribution in [-0.4, -0.2) is 28.4 Å². The molecule has 0 bridgehead atoms. The van der Waals surface area contributed by atoms with Crippen LogP contribution in [0, 0.1) is 33.3 Å². The number of nitro groups is 1. The third-order valence-corrected chi connectivity index (χ3v) is 4.32. The summed E-state index contributed by atoms with van der Waals surface area (Å²) >= 11 is 0. The Morgan fingerprint density at radius 3 is 2.61 bits per heavy atom. The van der Waals surface area contributed by atoms with E-state index in [2.05, 4.69) is 5.32 Å². The fourth-order valence-corrected chi connectivity index (χ4v) is 3.07. The number of nitrogens with zero attached hydrogens (tertiary/aromatic N) is 1. The predicted molar refractivity (Wildman–Crippen MR) is 64.7 cm³/mol. The molecule has 0 aromatic heterocycles. The van der Waals surface area contributed by atoms with Crippen molar-refractivity contribution in [3.05, 3.63) is 21.5 Å². The second-order valence-corrected chi connectivity index (χ2v) is 5.61. The first-order valence-corrected chi connectivity index (χ1v) is 6.45. The number of aliphatic hydroxyl groups is 1. The molecule has 3 aliphatic carbocycles. The summed E-state index contributed by atoms with van der Waals surface area (Å²) in [7, 11) is 0. The lowest BCUT2D eigenvalue weighted by Crippen LogP contribution is -2.39. The molecule has 6 nitrogen and oxygen atoms in total. The van der Waals surface area contributed by atoms with E-state index in [1.807, 2.05) is 0 Å². The maximum Gasteiger partial charge on any atom is 0.305 e. The van der Waals surface area contributed by atoms with Crippen LogP contribution < -0.4 is 5.32 Å². The Morgan fingerprint density at radius 1 is 1.44 bits per heavy atom. The summed E-state index contributed by atoms with van der Waals surface area (Å²) < 4.78 is 0. The number of hydrogen-bond acceptors (Lipinski definition) is 5. The molecular weight excluding hydrogens is 234 g/mol. The fourth-order valence-electron chi connectivity index (χ4n) is 3.07. The van der Waals surface area contributed by atoms with E-state index in [-0.39, 0.29) is 23.8 Å². The average molecular weight is 251 g/mol. The van der Waals surface area contributed by atoms with Gasteiger partial charge in [-0.05, 0) is 37.5 Å². The van der Waals surface area contributed by atoms with Gasteiger partial charge >= 0.3 is 5.70 Å². The average Bonchev–Trinajstić information content (AvgIpc) is 3.21. The van der Waals surface area contributed by atoms with Gasteiger partial charge in [0.05, 0.1) is 29.0 Å². The van der Waals surface area contributed by atoms with Gasteiger partial charge in [0.1, 0.15) is 0 Å². The number of allylic oxidation sites excluding steroid dienone is 2. The number of nitrogens with one attached hydrogen (secondary N) is 2. The van der Waals surface area contributed by atoms with Gasteiger partial charge in [0, 0.05) is 5.92 Å². The Bertz CT molecular complexity index is 430. The molecule has 0 amide bonds. The SMILES string of the molecule is N=C/C(=C(\NC1CC2CC2C1O)C1CC1)[N+](=O)[O-]. The quantitative estimate of drug-likeness (QED) is 0.384. The zero-order chi connectivity index (χ0) is 12.9. The summed E-state index contributed by atoms with van der Waals surface area (Å²) in [5, 5.41) is 31.3. The number of aliphatic hydroxyl groups excluding tert-OH is 1. The van der Waals surface area contributed by atoms with E-state index in [0.717, 1.165) is 31.9 Å². The van der Waals surface area contributed by atoms with E-state index in [9.17, 15) is 15.2 Å². The summed E-state index contributed by atoms with van der Waals surface area (Å²) in [6, 6.07) is -0.0701. The Hall–Kier alpha value is -1.43. The van der Waals surface area contributed by atoms with Crippen molar-refractivity contribution in [3.63, 3.8) is 0 Å². The molecule has 6 heteroatoms. The molecule has 0 aromatic rings. The second-order valence-electron chi connectivity index (χ2n) is 5.61. The third-order valence-electron chi connectivity index (χ3n) is 4.32. The molecule has 18 heavy (non-hydrogen) atoms. The summed E-state index contributed by atoms with van der Waals surface area (Å²) in [4.78, 5) is 10.4. The van der Waals surface area contributed by atoms with Crippen LogP contribution in [0.2, 0.25) is 0 Å². The Morgan fingerprint density at radius 2 is 2.17 bits per heavy atom. The summed E-state index contributed by atoms with van der Waals surface area (Å²) in [5.41, 5.74) is 0.408. The lowest BCUT2D eigenvalue weighted by atomic mass is 10.1. The molecule has 3 fully saturated rings. The first kappa shape index (κ1) is 11.6. The number of fused-ring (bicyclic) bond motifs is 1. The maximum atomic E-state index is 10.9. The van der Waals surface area contributed by atoms with Gasteiger partial charge in [-0.1, -0.05) is 0 Å². The number of rotatable bonds is 5. The van der Waals surface area contributed by atoms with E-state index in [4.69, 9.17) is 5.41 Å². The standard InChI is InChI=1S/C12H17N3O3/c13-5-10(15(17)18)11(6-1-2-6)14-9-4-7-3-8(7)12(9)16/h5-9,12-14,16H,1-4H2/b11-10+,13-5?. The monoisotopic (exact) mass is 251 g/mol. The lowest BCUT2D eigenvalue weighted by Gasteiger charge is -2.22. The summed E-state index contributed by atoms with van der Waals surface area (Å²) in [6.45, 7) is 0. The minimum atomic E-state index is -0.504. The van der Waals surface area contributed by atoms with Crippen molar-refractivity contribution in [2.24, 2.45) is 17.8 Å².